The van der Waals surface area contributed by atoms with Gasteiger partial charge in [-0.1, -0.05) is 0 Å². The van der Waals surface area contributed by atoms with Crippen LogP contribution in [0.25, 0.3) is 24.6 Å². The summed E-state index contributed by atoms with van der Waals surface area (Å²) in [6, 6.07) is 0. The fraction of sp³-hybridized carbons (Fsp3) is 0. The van der Waals surface area contributed by atoms with E-state index in [-0.39, 0.29) is 272 Å². The molecule has 0 aliphatic carbocycles. The maximum atomic E-state index is 0. The smallest absolute Gasteiger partial charge is 3.00 e. The van der Waals surface area contributed by atoms with Crippen molar-refractivity contribution in [1.82, 2.24) is 0 Å². The minimum absolute atomic E-state index is 0. The Morgan fingerprint density at radius 2 is 0.250 bits per heavy atom. The van der Waals surface area contributed by atoms with E-state index in [1.165, 1.54) is 0 Å². The molecule has 0 saturated heterocycles. The molecule has 0 aliphatic heterocycles. The molecule has 16 heavy (non-hydrogen) atoms. The van der Waals surface area contributed by atoms with E-state index < -0.39 is 0 Å². The summed E-state index contributed by atoms with van der Waals surface area (Å²) in [6.07, 6.45) is 0. The SMILES string of the molecule is [AlH3].[AlH3].[AlH3].[N-3].[N-3].[N-3].[N-3].[Ti+4].[Ti+4].[Ti+4].[Ti].[Ti].[Ti].[Ti].[Ti].[Ti]. The zero-order valence-electron chi connectivity index (χ0n) is 6.29. The van der Waals surface area contributed by atoms with Crippen molar-refractivity contribution in [2.24, 2.45) is 0 Å². The van der Waals surface area contributed by atoms with Gasteiger partial charge in [0.2, 0.25) is 0 Å². The van der Waals surface area contributed by atoms with Crippen LogP contribution in [0.1, 0.15) is 0 Å². The van der Waals surface area contributed by atoms with Gasteiger partial charge in [0.1, 0.15) is 0 Å². The van der Waals surface area contributed by atoms with Crippen molar-refractivity contribution in [3.8, 4) is 0 Å². The van der Waals surface area contributed by atoms with Crippen LogP contribution in [0.3, 0.4) is 0 Å². The summed E-state index contributed by atoms with van der Waals surface area (Å²) in [7, 11) is 0. The van der Waals surface area contributed by atoms with Crippen LogP contribution in [0, 0.1) is 0 Å². The van der Waals surface area contributed by atoms with E-state index in [2.05, 4.69) is 0 Å². The summed E-state index contributed by atoms with van der Waals surface area (Å²) in [5.74, 6) is 0. The van der Waals surface area contributed by atoms with Gasteiger partial charge in [-0.3, -0.25) is 0 Å². The van der Waals surface area contributed by atoms with E-state index in [1.807, 2.05) is 0 Å². The summed E-state index contributed by atoms with van der Waals surface area (Å²) in [5, 5.41) is 0. The van der Waals surface area contributed by atoms with Crippen LogP contribution in [0.4, 0.5) is 0 Å². The molecule has 0 fully saturated rings. The van der Waals surface area contributed by atoms with E-state index >= 15 is 0 Å². The Hall–Kier alpha value is 7.87. The number of hydrogen-bond acceptors (Lipinski definition) is 0. The van der Waals surface area contributed by atoms with Gasteiger partial charge in [-0.25, -0.2) is 0 Å². The topological polar surface area (TPSA) is 122 Å². The van der Waals surface area contributed by atoms with Crippen LogP contribution >= 0.6 is 0 Å². The summed E-state index contributed by atoms with van der Waals surface area (Å²) >= 11 is 0. The normalized spacial score (nSPS) is 0. The van der Waals surface area contributed by atoms with Crippen LogP contribution in [-0.4, -0.2) is 52.1 Å². The predicted molar refractivity (Wildman–Crippen MR) is 43.3 cm³/mol. The van der Waals surface area contributed by atoms with E-state index in [9.17, 15) is 0 Å². The summed E-state index contributed by atoms with van der Waals surface area (Å²) < 4.78 is 0. The fourth-order valence-electron chi connectivity index (χ4n) is 0. The molecule has 0 rings (SSSR count). The van der Waals surface area contributed by atoms with Gasteiger partial charge >= 0.3 is 65.2 Å². The van der Waals surface area contributed by atoms with Gasteiger partial charge in [0.15, 0.2) is 52.1 Å². The van der Waals surface area contributed by atoms with Crippen molar-refractivity contribution in [1.29, 1.82) is 0 Å². The Bertz CT molecular complexity index is 22.7. The van der Waals surface area contributed by atoms with E-state index in [4.69, 9.17) is 0 Å². The zero-order chi connectivity index (χ0) is 0. The van der Waals surface area contributed by atoms with Crippen molar-refractivity contribution in [3.63, 3.8) is 0 Å². The molecular weight excluding hydrogens is 568 g/mol. The third-order valence-electron chi connectivity index (χ3n) is 0. The Morgan fingerprint density at radius 3 is 0.250 bits per heavy atom. The van der Waals surface area contributed by atoms with Crippen molar-refractivity contribution >= 4 is 52.1 Å². The molecule has 0 unspecified atom stereocenters. The van der Waals surface area contributed by atoms with Crippen LogP contribution in [0.5, 0.6) is 0 Å². The maximum absolute atomic E-state index is 0. The first kappa shape index (κ1) is 202. The second-order valence-electron chi connectivity index (χ2n) is 0. The van der Waals surface area contributed by atoms with E-state index in [0.29, 0.717) is 0 Å². The average Bonchev–Trinajstić information content (AvgIpc) is 0. The molecule has 0 atom stereocenters. The standard InChI is InChI=1S/3Al.4N.9Ti.9H/q;;;4*-3;;;;;;;3*+4;;;;;;;;;. The largest absolute Gasteiger partial charge is 4.00 e. The second kappa shape index (κ2) is 177. The zero-order valence-corrected chi connectivity index (χ0v) is 20.3. The average molecular weight is 577 g/mol. The van der Waals surface area contributed by atoms with Gasteiger partial charge in [0.05, 0.1) is 0 Å². The van der Waals surface area contributed by atoms with Gasteiger partial charge in [-0.15, -0.1) is 0 Å². The fourth-order valence-corrected chi connectivity index (χ4v) is 0. The van der Waals surface area contributed by atoms with Crippen LogP contribution in [0.15, 0.2) is 0 Å². The van der Waals surface area contributed by atoms with Gasteiger partial charge in [-0.05, 0) is 0 Å². The van der Waals surface area contributed by atoms with Crippen molar-refractivity contribution < 1.29 is 195 Å². The number of rotatable bonds is 0. The quantitative estimate of drug-likeness (QED) is 0.285. The number of hydrogen-bond donors (Lipinski definition) is 0. The summed E-state index contributed by atoms with van der Waals surface area (Å²) in [5.41, 5.74) is 0. The first-order valence-electron chi connectivity index (χ1n) is 0. The summed E-state index contributed by atoms with van der Waals surface area (Å²) in [4.78, 5) is 0. The summed E-state index contributed by atoms with van der Waals surface area (Å²) in [6.45, 7) is 0. The molecule has 0 aromatic rings. The molecule has 0 saturated carbocycles. The number of nitrogens with zero attached hydrogens (tertiary/aromatic N) is 4. The van der Waals surface area contributed by atoms with E-state index in [0.717, 1.165) is 0 Å². The van der Waals surface area contributed by atoms with Crippen LogP contribution in [-0.2, 0) is 195 Å². The molecule has 0 aliphatic rings. The molecule has 0 N–H and O–H groups in total. The Labute approximate surface area is 266 Å². The van der Waals surface area contributed by atoms with Crippen molar-refractivity contribution in [2.45, 2.75) is 0 Å². The van der Waals surface area contributed by atoms with Gasteiger partial charge < -0.3 is 24.6 Å². The Morgan fingerprint density at radius 1 is 0.250 bits per heavy atom. The molecular formula is H9Al3N4Ti9. The van der Waals surface area contributed by atoms with Crippen molar-refractivity contribution in [3.05, 3.63) is 24.6 Å². The molecule has 0 amide bonds. The third-order valence-corrected chi connectivity index (χ3v) is 0. The second-order valence-corrected chi connectivity index (χ2v) is 0. The minimum atomic E-state index is 0. The maximum Gasteiger partial charge on any atom is 4.00 e. The van der Waals surface area contributed by atoms with Crippen molar-refractivity contribution in [2.75, 3.05) is 0 Å². The molecule has 0 spiro atoms. The molecule has 0 aromatic heterocycles. The van der Waals surface area contributed by atoms with Gasteiger partial charge in [-0.2, -0.15) is 0 Å². The molecule has 0 heterocycles. The van der Waals surface area contributed by atoms with Crippen LogP contribution in [0.2, 0.25) is 0 Å². The molecule has 0 bridgehead atoms. The molecule has 4 nitrogen and oxygen atoms in total. The Balaban J connectivity index is 0. The van der Waals surface area contributed by atoms with Gasteiger partial charge in [0, 0.05) is 130 Å². The minimum Gasteiger partial charge on any atom is -3.00 e. The Kier molecular flexibility index (Phi) is 2230. The van der Waals surface area contributed by atoms with Crippen LogP contribution < -0.4 is 0 Å². The molecule has 0 aromatic carbocycles. The first-order valence-corrected chi connectivity index (χ1v) is 0. The molecule has 74 valence electrons. The third kappa shape index (κ3) is 154. The molecule has 16 heteroatoms. The first-order chi connectivity index (χ1) is 0. The van der Waals surface area contributed by atoms with Gasteiger partial charge in [0.25, 0.3) is 0 Å². The van der Waals surface area contributed by atoms with E-state index in [1.54, 1.807) is 0 Å². The molecule has 0 radical (unpaired) electrons. The predicted octanol–water partition coefficient (Wildman–Crippen LogP) is -2.42. The monoisotopic (exact) mass is 578 g/mol.